The number of aldehydes is 1. The number of β-amino-alcohol motifs (C(OH)–C–C–N with tert-alkyl or cyclic N) is 1. The summed E-state index contributed by atoms with van der Waals surface area (Å²) < 4.78 is 56.2. The van der Waals surface area contributed by atoms with Crippen LogP contribution in [0.15, 0.2) is 54.9 Å². The molecule has 0 saturated carbocycles. The number of esters is 4. The zero-order valence-electron chi connectivity index (χ0n) is 45.7. The van der Waals surface area contributed by atoms with Gasteiger partial charge in [-0.1, -0.05) is 63.3 Å². The molecule has 19 heteroatoms. The van der Waals surface area contributed by atoms with Crippen LogP contribution in [0.2, 0.25) is 0 Å². The van der Waals surface area contributed by atoms with Crippen LogP contribution in [0.25, 0.3) is 17.2 Å². The molecule has 16 atom stereocenters. The number of aromatic nitrogens is 1. The minimum absolute atomic E-state index is 0.0249. The minimum Gasteiger partial charge on any atom is -0.462 e. The first-order valence-corrected chi connectivity index (χ1v) is 26.4. The Kier molecular flexibility index (Phi) is 23.8. The van der Waals surface area contributed by atoms with Crippen molar-refractivity contribution in [2.45, 2.75) is 192 Å². The number of nitrogens with zero attached hydrogens (tertiary/aromatic N) is 3. The number of methoxy groups -OCH3 is 1. The standard InChI is InChI=1S/C56H83N3O16/c1-12-45(63)71-44-30-47(65)70-42(19-14-17-38-21-23-39(24-22-38)41-18-15-26-57-32-41)20-16-27-59(10)33-43(62)34(3)29-40(25-28-60)52(53(44)67-11)74-55-50(66)49(58(8)9)51(35(4)69-55)73-48-31-56(7,75-37(6)61)54(36(5)68-48)72-46(64)13-2/h14-15,17-18,21-24,26,28,32,34-36,40,42-44,48-55,62,66H,12-13,16,19-20,25,27,29-31,33H2,1-11H3/b17-14+/t34-,35?,36?,40+,42+,43+,44-,48+,49?,50?,51+,52+,53+,54+,55+,56?/m1/s1. The van der Waals surface area contributed by atoms with Crippen LogP contribution < -0.4 is 0 Å². The monoisotopic (exact) mass is 1050 g/mol. The average molecular weight is 1050 g/mol. The zero-order chi connectivity index (χ0) is 55.0. The third-order valence-corrected chi connectivity index (χ3v) is 14.4. The molecule has 3 fully saturated rings. The van der Waals surface area contributed by atoms with E-state index in [1.165, 1.54) is 14.0 Å². The van der Waals surface area contributed by atoms with Crippen molar-refractivity contribution < 1.29 is 76.8 Å². The van der Waals surface area contributed by atoms with Crippen molar-refractivity contribution >= 4 is 36.2 Å². The van der Waals surface area contributed by atoms with Gasteiger partial charge in [-0.2, -0.15) is 0 Å². The molecule has 418 valence electrons. The van der Waals surface area contributed by atoms with Gasteiger partial charge in [0.15, 0.2) is 24.3 Å². The summed E-state index contributed by atoms with van der Waals surface area (Å²) in [6.45, 7) is 12.4. The number of pyridine rings is 1. The van der Waals surface area contributed by atoms with E-state index in [0.717, 1.165) is 23.0 Å². The van der Waals surface area contributed by atoms with Gasteiger partial charge < -0.3 is 67.4 Å². The number of likely N-dealkylation sites (N-methyl/N-ethyl adjacent to an activating group) is 2. The SMILES string of the molecule is CCC(=O)O[C@@H]1CC(=O)O[C@@H](C/C=C/c2ccc(-c3cccnc3)cc2)CCCN(C)C[C@H](O)[C@H](C)C[C@H](CC=O)[C@H](O[C@@H]2OC(C)[C@H](O[C@H]3CC(C)(OC(C)=O)[C@@H](OC(=O)CC)C(C)O3)C(N(C)C)C2O)[C@H]1OC. The highest BCUT2D eigenvalue weighted by atomic mass is 16.7. The summed E-state index contributed by atoms with van der Waals surface area (Å²) in [5, 5.41) is 24.1. The summed E-state index contributed by atoms with van der Waals surface area (Å²) in [5.74, 6) is -3.46. The van der Waals surface area contributed by atoms with Crippen LogP contribution >= 0.6 is 0 Å². The number of carbonyl (C=O) groups excluding carboxylic acids is 5. The number of carbonyl (C=O) groups is 5. The average Bonchev–Trinajstić information content (AvgIpc) is 3.35. The first-order valence-electron chi connectivity index (χ1n) is 26.4. The molecular formula is C56H83N3O16. The van der Waals surface area contributed by atoms with E-state index in [0.29, 0.717) is 32.4 Å². The fraction of sp³-hybridized carbons (Fsp3) is 0.679. The van der Waals surface area contributed by atoms with Crippen LogP contribution in [0, 0.1) is 11.8 Å². The van der Waals surface area contributed by atoms with Crippen molar-refractivity contribution in [2.75, 3.05) is 41.3 Å². The summed E-state index contributed by atoms with van der Waals surface area (Å²) in [6, 6.07) is 11.1. The van der Waals surface area contributed by atoms with Crippen LogP contribution in [0.1, 0.15) is 112 Å². The Morgan fingerprint density at radius 1 is 0.933 bits per heavy atom. The molecule has 2 N–H and O–H groups in total. The number of ether oxygens (including phenoxy) is 9. The molecule has 3 aliphatic heterocycles. The maximum absolute atomic E-state index is 14.2. The molecule has 0 spiro atoms. The normalized spacial score (nSPS) is 33.8. The number of aliphatic hydroxyl groups excluding tert-OH is 2. The van der Waals surface area contributed by atoms with Gasteiger partial charge in [0, 0.05) is 65.1 Å². The second kappa shape index (κ2) is 29.2. The first-order chi connectivity index (χ1) is 35.7. The van der Waals surface area contributed by atoms with Gasteiger partial charge in [-0.05, 0) is 102 Å². The topological polar surface area (TPSA) is 228 Å². The molecule has 5 rings (SSSR count). The number of hydrogen-bond donors (Lipinski definition) is 2. The molecule has 2 aromatic rings. The number of aliphatic hydroxyl groups is 2. The molecule has 5 unspecified atom stereocenters. The number of benzene rings is 1. The molecule has 0 bridgehead atoms. The fourth-order valence-corrected chi connectivity index (χ4v) is 10.5. The first kappa shape index (κ1) is 61.2. The molecule has 75 heavy (non-hydrogen) atoms. The van der Waals surface area contributed by atoms with Gasteiger partial charge >= 0.3 is 23.9 Å². The molecule has 1 aromatic heterocycles. The minimum atomic E-state index is -1.44. The van der Waals surface area contributed by atoms with Crippen LogP contribution in [0.5, 0.6) is 0 Å². The highest BCUT2D eigenvalue weighted by Gasteiger charge is 2.54. The summed E-state index contributed by atoms with van der Waals surface area (Å²) in [6.07, 6.45) is -2.86. The van der Waals surface area contributed by atoms with E-state index in [1.54, 1.807) is 59.8 Å². The lowest BCUT2D eigenvalue weighted by Gasteiger charge is -2.50. The highest BCUT2D eigenvalue weighted by Crippen LogP contribution is 2.39. The van der Waals surface area contributed by atoms with E-state index < -0.39 is 127 Å². The van der Waals surface area contributed by atoms with Gasteiger partial charge in [-0.25, -0.2) is 0 Å². The van der Waals surface area contributed by atoms with Gasteiger partial charge in [0.25, 0.3) is 0 Å². The maximum Gasteiger partial charge on any atom is 0.309 e. The van der Waals surface area contributed by atoms with Crippen molar-refractivity contribution in [2.24, 2.45) is 11.8 Å². The van der Waals surface area contributed by atoms with Gasteiger partial charge in [0.05, 0.1) is 36.9 Å². The molecular weight excluding hydrogens is 971 g/mol. The quantitative estimate of drug-likeness (QED) is 0.110. The molecule has 3 aliphatic rings. The molecule has 0 amide bonds. The van der Waals surface area contributed by atoms with Gasteiger partial charge in [-0.15, -0.1) is 0 Å². The largest absolute Gasteiger partial charge is 0.462 e. The lowest BCUT2D eigenvalue weighted by molar-refractivity contribution is -0.344. The molecule has 1 aromatic carbocycles. The van der Waals surface area contributed by atoms with Crippen LogP contribution in [0.4, 0.5) is 0 Å². The van der Waals surface area contributed by atoms with Crippen molar-refractivity contribution in [3.8, 4) is 11.1 Å². The van der Waals surface area contributed by atoms with E-state index >= 15 is 0 Å². The smallest absolute Gasteiger partial charge is 0.309 e. The Balaban J connectivity index is 1.44. The number of cyclic esters (lactones) is 1. The lowest BCUT2D eigenvalue weighted by atomic mass is 9.82. The maximum atomic E-state index is 14.2. The third kappa shape index (κ3) is 17.4. The predicted octanol–water partition coefficient (Wildman–Crippen LogP) is 5.69. The fourth-order valence-electron chi connectivity index (χ4n) is 10.5. The van der Waals surface area contributed by atoms with E-state index in [2.05, 4.69) is 4.98 Å². The van der Waals surface area contributed by atoms with Crippen molar-refractivity contribution in [3.05, 3.63) is 60.4 Å². The Bertz CT molecular complexity index is 2150. The second-order valence-corrected chi connectivity index (χ2v) is 20.7. The second-order valence-electron chi connectivity index (χ2n) is 20.7. The Morgan fingerprint density at radius 2 is 1.64 bits per heavy atom. The van der Waals surface area contributed by atoms with E-state index in [-0.39, 0.29) is 32.1 Å². The van der Waals surface area contributed by atoms with E-state index in [9.17, 15) is 34.2 Å². The summed E-state index contributed by atoms with van der Waals surface area (Å²) in [7, 11) is 6.81. The summed E-state index contributed by atoms with van der Waals surface area (Å²) in [4.78, 5) is 73.0. The number of hydrogen-bond acceptors (Lipinski definition) is 19. The third-order valence-electron chi connectivity index (χ3n) is 14.4. The van der Waals surface area contributed by atoms with Crippen molar-refractivity contribution in [1.29, 1.82) is 0 Å². The predicted molar refractivity (Wildman–Crippen MR) is 276 cm³/mol. The molecule has 3 saturated heterocycles. The lowest BCUT2D eigenvalue weighted by Crippen LogP contribution is -2.66. The Labute approximate surface area is 442 Å². The summed E-state index contributed by atoms with van der Waals surface area (Å²) >= 11 is 0. The Morgan fingerprint density at radius 3 is 2.27 bits per heavy atom. The molecule has 0 radical (unpaired) electrons. The summed E-state index contributed by atoms with van der Waals surface area (Å²) in [5.41, 5.74) is 1.66. The van der Waals surface area contributed by atoms with Gasteiger partial charge in [0.2, 0.25) is 0 Å². The van der Waals surface area contributed by atoms with Crippen LogP contribution in [-0.2, 0) is 66.6 Å². The zero-order valence-corrected chi connectivity index (χ0v) is 45.7. The van der Waals surface area contributed by atoms with E-state index in [4.69, 9.17) is 42.6 Å². The van der Waals surface area contributed by atoms with Crippen molar-refractivity contribution in [1.82, 2.24) is 14.8 Å². The van der Waals surface area contributed by atoms with Gasteiger partial charge in [0.1, 0.15) is 36.8 Å². The highest BCUT2D eigenvalue weighted by molar-refractivity contribution is 5.73. The van der Waals surface area contributed by atoms with Gasteiger partial charge in [-0.3, -0.25) is 24.2 Å². The molecule has 4 heterocycles. The van der Waals surface area contributed by atoms with E-state index in [1.807, 2.05) is 73.6 Å². The Hall–Kier alpha value is -4.70. The number of rotatable bonds is 17. The van der Waals surface area contributed by atoms with Crippen molar-refractivity contribution in [3.63, 3.8) is 0 Å². The van der Waals surface area contributed by atoms with Crippen LogP contribution in [-0.4, -0.2) is 182 Å². The van der Waals surface area contributed by atoms with Crippen LogP contribution in [0.3, 0.4) is 0 Å². The molecule has 19 nitrogen and oxygen atoms in total. The molecule has 0 aliphatic carbocycles.